The van der Waals surface area contributed by atoms with Gasteiger partial charge in [-0.15, -0.1) is 0 Å². The maximum atomic E-state index is 8.77. The Morgan fingerprint density at radius 1 is 1.26 bits per heavy atom. The van der Waals surface area contributed by atoms with Gasteiger partial charge in [0.15, 0.2) is 0 Å². The molecule has 2 aromatic rings. The van der Waals surface area contributed by atoms with Crippen molar-refractivity contribution in [3.8, 4) is 11.8 Å². The Hall–Kier alpha value is -2.68. The van der Waals surface area contributed by atoms with E-state index in [4.69, 9.17) is 10.00 Å². The molecule has 1 saturated heterocycles. The molecule has 3 heterocycles. The van der Waals surface area contributed by atoms with Crippen LogP contribution >= 0.6 is 0 Å². The average molecular weight is 253 g/mol. The van der Waals surface area contributed by atoms with Crippen LogP contribution in [0.25, 0.3) is 0 Å². The molecule has 1 aliphatic heterocycles. The number of hydrogen-bond acceptors (Lipinski definition) is 6. The first-order chi connectivity index (χ1) is 9.35. The summed E-state index contributed by atoms with van der Waals surface area (Å²) in [4.78, 5) is 14.2. The highest BCUT2D eigenvalue weighted by atomic mass is 16.5. The molecular formula is C13H11N5O. The van der Waals surface area contributed by atoms with Gasteiger partial charge in [0.05, 0.1) is 19.3 Å². The molecule has 0 aliphatic carbocycles. The lowest BCUT2D eigenvalue weighted by atomic mass is 10.1. The number of nitrogens with zero attached hydrogens (tertiary/aromatic N) is 5. The molecule has 94 valence electrons. The van der Waals surface area contributed by atoms with E-state index >= 15 is 0 Å². The molecule has 0 N–H and O–H groups in total. The summed E-state index contributed by atoms with van der Waals surface area (Å²) in [5.74, 6) is 1.53. The number of rotatable bonds is 3. The van der Waals surface area contributed by atoms with Crippen LogP contribution in [0.15, 0.2) is 36.9 Å². The van der Waals surface area contributed by atoms with Crippen molar-refractivity contribution in [2.24, 2.45) is 0 Å². The summed E-state index contributed by atoms with van der Waals surface area (Å²) in [6, 6.07) is 5.39. The fourth-order valence-corrected chi connectivity index (χ4v) is 1.89. The smallest absolute Gasteiger partial charge is 0.147 e. The topological polar surface area (TPSA) is 74.9 Å². The minimum atomic E-state index is 0.107. The van der Waals surface area contributed by atoms with Gasteiger partial charge in [-0.1, -0.05) is 0 Å². The molecule has 0 atom stereocenters. The van der Waals surface area contributed by atoms with Crippen LogP contribution in [-0.4, -0.2) is 34.1 Å². The van der Waals surface area contributed by atoms with Gasteiger partial charge in [-0.25, -0.2) is 9.97 Å². The van der Waals surface area contributed by atoms with Gasteiger partial charge in [-0.05, 0) is 6.07 Å². The fraction of sp³-hybridized carbons (Fsp3) is 0.231. The summed E-state index contributed by atoms with van der Waals surface area (Å²) >= 11 is 0. The van der Waals surface area contributed by atoms with Crippen LogP contribution in [0, 0.1) is 11.3 Å². The zero-order valence-corrected chi connectivity index (χ0v) is 10.1. The minimum absolute atomic E-state index is 0.107. The molecule has 0 aromatic carbocycles. The Morgan fingerprint density at radius 3 is 2.89 bits per heavy atom. The molecule has 0 amide bonds. The molecule has 6 heteroatoms. The van der Waals surface area contributed by atoms with Gasteiger partial charge in [0.1, 0.15) is 29.4 Å². The summed E-state index contributed by atoms with van der Waals surface area (Å²) < 4.78 is 5.76. The summed E-state index contributed by atoms with van der Waals surface area (Å²) in [5, 5.41) is 8.77. The molecule has 1 fully saturated rings. The van der Waals surface area contributed by atoms with Crippen molar-refractivity contribution >= 4 is 5.82 Å². The van der Waals surface area contributed by atoms with Crippen molar-refractivity contribution in [3.05, 3.63) is 42.6 Å². The van der Waals surface area contributed by atoms with Crippen LogP contribution in [0.2, 0.25) is 0 Å². The summed E-state index contributed by atoms with van der Waals surface area (Å²) in [6.45, 7) is 1.53. The predicted octanol–water partition coefficient (Wildman–Crippen LogP) is 1.01. The second-order valence-electron chi connectivity index (χ2n) is 4.20. The lowest BCUT2D eigenvalue weighted by molar-refractivity contribution is 0.166. The maximum absolute atomic E-state index is 8.77. The maximum Gasteiger partial charge on any atom is 0.147 e. The van der Waals surface area contributed by atoms with Gasteiger partial charge in [-0.3, -0.25) is 4.98 Å². The van der Waals surface area contributed by atoms with E-state index in [1.54, 1.807) is 36.9 Å². The molecular weight excluding hydrogens is 242 g/mol. The van der Waals surface area contributed by atoms with Gasteiger partial charge in [0.2, 0.25) is 0 Å². The highest BCUT2D eigenvalue weighted by Crippen LogP contribution is 2.21. The third-order valence-electron chi connectivity index (χ3n) is 2.87. The summed E-state index contributed by atoms with van der Waals surface area (Å²) in [7, 11) is 0. The van der Waals surface area contributed by atoms with Gasteiger partial charge < -0.3 is 9.64 Å². The molecule has 2 aromatic heterocycles. The van der Waals surface area contributed by atoms with Crippen molar-refractivity contribution in [2.45, 2.75) is 6.10 Å². The summed E-state index contributed by atoms with van der Waals surface area (Å²) in [6.07, 6.45) is 6.74. The highest BCUT2D eigenvalue weighted by Gasteiger charge is 2.29. The van der Waals surface area contributed by atoms with Crippen LogP contribution < -0.4 is 9.64 Å². The molecule has 3 rings (SSSR count). The fourth-order valence-electron chi connectivity index (χ4n) is 1.89. The van der Waals surface area contributed by atoms with Crippen LogP contribution in [0.1, 0.15) is 5.69 Å². The number of nitriles is 1. The van der Waals surface area contributed by atoms with Gasteiger partial charge >= 0.3 is 0 Å². The van der Waals surface area contributed by atoms with E-state index in [0.717, 1.165) is 18.9 Å². The zero-order valence-electron chi connectivity index (χ0n) is 10.1. The van der Waals surface area contributed by atoms with E-state index in [2.05, 4.69) is 19.9 Å². The average Bonchev–Trinajstić information content (AvgIpc) is 2.43. The second kappa shape index (κ2) is 4.90. The first-order valence-electron chi connectivity index (χ1n) is 5.89. The van der Waals surface area contributed by atoms with Crippen LogP contribution in [0.3, 0.4) is 0 Å². The van der Waals surface area contributed by atoms with E-state index in [1.165, 1.54) is 0 Å². The normalized spacial score (nSPS) is 14.6. The first kappa shape index (κ1) is 11.4. The molecule has 6 nitrogen and oxygen atoms in total. The molecule has 1 aliphatic rings. The SMILES string of the molecule is N#Cc1cc(OC2CN(c3cnccn3)C2)ccn1. The Kier molecular flexibility index (Phi) is 2.94. The van der Waals surface area contributed by atoms with Gasteiger partial charge in [-0.2, -0.15) is 5.26 Å². The van der Waals surface area contributed by atoms with E-state index in [0.29, 0.717) is 11.4 Å². The number of aromatic nitrogens is 3. The molecule has 0 spiro atoms. The number of ether oxygens (including phenoxy) is 1. The van der Waals surface area contributed by atoms with E-state index in [9.17, 15) is 0 Å². The Bertz CT molecular complexity index is 604. The van der Waals surface area contributed by atoms with Gasteiger partial charge in [0, 0.05) is 24.7 Å². The molecule has 0 bridgehead atoms. The molecule has 19 heavy (non-hydrogen) atoms. The van der Waals surface area contributed by atoms with Crippen molar-refractivity contribution in [1.29, 1.82) is 5.26 Å². The van der Waals surface area contributed by atoms with Crippen molar-refractivity contribution < 1.29 is 4.74 Å². The van der Waals surface area contributed by atoms with Crippen LogP contribution in [0.5, 0.6) is 5.75 Å². The molecule has 0 radical (unpaired) electrons. The predicted molar refractivity (Wildman–Crippen MR) is 67.6 cm³/mol. The van der Waals surface area contributed by atoms with Crippen molar-refractivity contribution in [3.63, 3.8) is 0 Å². The molecule has 0 unspecified atom stereocenters. The second-order valence-corrected chi connectivity index (χ2v) is 4.20. The Balaban J connectivity index is 1.58. The number of pyridine rings is 1. The first-order valence-corrected chi connectivity index (χ1v) is 5.89. The van der Waals surface area contributed by atoms with Crippen molar-refractivity contribution in [2.75, 3.05) is 18.0 Å². The lowest BCUT2D eigenvalue weighted by Crippen LogP contribution is -2.54. The van der Waals surface area contributed by atoms with E-state index in [-0.39, 0.29) is 6.10 Å². The van der Waals surface area contributed by atoms with E-state index < -0.39 is 0 Å². The molecule has 0 saturated carbocycles. The number of hydrogen-bond donors (Lipinski definition) is 0. The minimum Gasteiger partial charge on any atom is -0.487 e. The zero-order chi connectivity index (χ0) is 13.1. The quantitative estimate of drug-likeness (QED) is 0.812. The largest absolute Gasteiger partial charge is 0.487 e. The van der Waals surface area contributed by atoms with E-state index in [1.807, 2.05) is 6.07 Å². The lowest BCUT2D eigenvalue weighted by Gasteiger charge is -2.39. The van der Waals surface area contributed by atoms with Crippen molar-refractivity contribution in [1.82, 2.24) is 15.0 Å². The van der Waals surface area contributed by atoms with Crippen LogP contribution in [0.4, 0.5) is 5.82 Å². The third kappa shape index (κ3) is 2.45. The van der Waals surface area contributed by atoms with Crippen LogP contribution in [-0.2, 0) is 0 Å². The Labute approximate surface area is 110 Å². The highest BCUT2D eigenvalue weighted by molar-refractivity contribution is 5.40. The van der Waals surface area contributed by atoms with Gasteiger partial charge in [0.25, 0.3) is 0 Å². The number of anilines is 1. The standard InChI is InChI=1S/C13H11N5O/c14-6-10-5-11(1-2-16-10)19-12-8-18(9-12)13-7-15-3-4-17-13/h1-5,7,12H,8-9H2. The third-order valence-corrected chi connectivity index (χ3v) is 2.87. The Morgan fingerprint density at radius 2 is 2.16 bits per heavy atom. The summed E-state index contributed by atoms with van der Waals surface area (Å²) in [5.41, 5.74) is 0.364. The monoisotopic (exact) mass is 253 g/mol.